The third-order valence-corrected chi connectivity index (χ3v) is 4.04. The summed E-state index contributed by atoms with van der Waals surface area (Å²) < 4.78 is 15.7. The Morgan fingerprint density at radius 2 is 1.83 bits per heavy atom. The van der Waals surface area contributed by atoms with Gasteiger partial charge in [0.2, 0.25) is 12.2 Å². The van der Waals surface area contributed by atoms with Gasteiger partial charge in [-0.3, -0.25) is 9.59 Å². The number of ether oxygens (including phenoxy) is 3. The Bertz CT molecular complexity index is 785. The number of benzene rings is 1. The number of hydrogen-bond donors (Lipinski definition) is 1. The lowest BCUT2D eigenvalue weighted by Crippen LogP contribution is -2.34. The zero-order valence-corrected chi connectivity index (χ0v) is 14.0. The number of carboxylic acids is 1. The Morgan fingerprint density at radius 3 is 2.38 bits per heavy atom. The molecule has 2 rings (SSSR count). The average molecular weight is 353 g/mol. The van der Waals surface area contributed by atoms with Crippen molar-refractivity contribution in [3.05, 3.63) is 23.2 Å². The number of aromatic nitrogens is 1. The van der Waals surface area contributed by atoms with Crippen molar-refractivity contribution in [2.24, 2.45) is 0 Å². The molecule has 9 heteroatoms. The first-order chi connectivity index (χ1) is 11.3. The molecule has 0 spiro atoms. The number of carbonyl (C=O) groups excluding carboxylic acids is 2. The van der Waals surface area contributed by atoms with Gasteiger partial charge in [-0.05, 0) is 18.2 Å². The summed E-state index contributed by atoms with van der Waals surface area (Å²) in [5.74, 6) is -2.35. The first-order valence-corrected chi connectivity index (χ1v) is 7.65. The predicted molar refractivity (Wildman–Crippen MR) is 83.9 cm³/mol. The smallest absolute Gasteiger partial charge is 0.349 e. The highest BCUT2D eigenvalue weighted by molar-refractivity contribution is 7.18. The summed E-state index contributed by atoms with van der Waals surface area (Å²) in [6.45, 7) is 2.21. The molecule has 128 valence electrons. The van der Waals surface area contributed by atoms with Gasteiger partial charge in [0.25, 0.3) is 0 Å². The van der Waals surface area contributed by atoms with E-state index in [1.807, 2.05) is 0 Å². The van der Waals surface area contributed by atoms with Crippen LogP contribution in [0.4, 0.5) is 0 Å². The van der Waals surface area contributed by atoms with Crippen LogP contribution < -0.4 is 4.74 Å². The second kappa shape index (κ2) is 7.26. The van der Waals surface area contributed by atoms with Gasteiger partial charge in [0, 0.05) is 13.8 Å². The summed E-state index contributed by atoms with van der Waals surface area (Å²) in [5, 5.41) is 9.52. The Hall–Kier alpha value is -2.68. The number of methoxy groups -OCH3 is 1. The first-order valence-electron chi connectivity index (χ1n) is 6.83. The fourth-order valence-corrected chi connectivity index (χ4v) is 3.06. The van der Waals surface area contributed by atoms with Crippen LogP contribution in [0.1, 0.15) is 25.0 Å². The molecular weight excluding hydrogens is 338 g/mol. The van der Waals surface area contributed by atoms with Gasteiger partial charge in [0.05, 0.1) is 17.3 Å². The fourth-order valence-electron chi connectivity index (χ4n) is 2.01. The largest absolute Gasteiger partial charge is 0.497 e. The molecule has 0 aliphatic heterocycles. The zero-order valence-electron chi connectivity index (χ0n) is 13.1. The van der Waals surface area contributed by atoms with Crippen LogP contribution in [0.5, 0.6) is 5.75 Å². The standard InChI is InChI=1S/C15H15NO7S/c1-7(17)22-12(13(15(19)20)23-8(2)18)14-16-10-5-4-9(21-3)6-11(10)24-14/h4-6,12-13H,1-3H3,(H,19,20)/t12-,13-/m1/s1. The van der Waals surface area contributed by atoms with E-state index in [1.54, 1.807) is 18.2 Å². The zero-order chi connectivity index (χ0) is 17.9. The minimum absolute atomic E-state index is 0.210. The van der Waals surface area contributed by atoms with Crippen LogP contribution in [-0.4, -0.2) is 41.2 Å². The summed E-state index contributed by atoms with van der Waals surface area (Å²) in [7, 11) is 1.52. The third-order valence-electron chi connectivity index (χ3n) is 2.96. The maximum absolute atomic E-state index is 11.4. The van der Waals surface area contributed by atoms with Gasteiger partial charge >= 0.3 is 17.9 Å². The van der Waals surface area contributed by atoms with Gasteiger partial charge in [-0.15, -0.1) is 11.3 Å². The van der Waals surface area contributed by atoms with Crippen LogP contribution in [0.3, 0.4) is 0 Å². The predicted octanol–water partition coefficient (Wildman–Crippen LogP) is 1.93. The van der Waals surface area contributed by atoms with Crippen molar-refractivity contribution in [1.29, 1.82) is 0 Å². The SMILES string of the molecule is COc1ccc2nc([C@H](OC(C)=O)[C@@H](OC(C)=O)C(=O)O)sc2c1. The van der Waals surface area contributed by atoms with Gasteiger partial charge in [-0.2, -0.15) is 0 Å². The molecule has 0 saturated heterocycles. The summed E-state index contributed by atoms with van der Waals surface area (Å²) in [6.07, 6.45) is -3.03. The lowest BCUT2D eigenvalue weighted by atomic mass is 10.2. The highest BCUT2D eigenvalue weighted by Gasteiger charge is 2.37. The molecule has 0 saturated carbocycles. The summed E-state index contributed by atoms with van der Waals surface area (Å²) >= 11 is 1.13. The van der Waals surface area contributed by atoms with E-state index in [4.69, 9.17) is 14.2 Å². The molecule has 1 N–H and O–H groups in total. The molecule has 0 bridgehead atoms. The molecule has 1 aromatic heterocycles. The van der Waals surface area contributed by atoms with E-state index in [1.165, 1.54) is 7.11 Å². The molecule has 2 atom stereocenters. The van der Waals surface area contributed by atoms with Crippen LogP contribution in [0, 0.1) is 0 Å². The van der Waals surface area contributed by atoms with Crippen LogP contribution in [0.15, 0.2) is 18.2 Å². The van der Waals surface area contributed by atoms with Crippen molar-refractivity contribution in [2.75, 3.05) is 7.11 Å². The molecule has 0 fully saturated rings. The van der Waals surface area contributed by atoms with E-state index in [-0.39, 0.29) is 5.01 Å². The fraction of sp³-hybridized carbons (Fsp3) is 0.333. The van der Waals surface area contributed by atoms with E-state index < -0.39 is 30.1 Å². The number of hydrogen-bond acceptors (Lipinski definition) is 8. The molecule has 0 unspecified atom stereocenters. The van der Waals surface area contributed by atoms with Crippen molar-refractivity contribution in [3.63, 3.8) is 0 Å². The average Bonchev–Trinajstić information content (AvgIpc) is 2.92. The summed E-state index contributed by atoms with van der Waals surface area (Å²) in [4.78, 5) is 38.3. The number of esters is 2. The number of aliphatic carboxylic acids is 1. The van der Waals surface area contributed by atoms with Crippen LogP contribution in [0.2, 0.25) is 0 Å². The molecule has 24 heavy (non-hydrogen) atoms. The number of carbonyl (C=O) groups is 3. The third kappa shape index (κ3) is 3.99. The second-order valence-corrected chi connectivity index (χ2v) is 5.85. The van der Waals surface area contributed by atoms with Crippen molar-refractivity contribution >= 4 is 39.5 Å². The minimum atomic E-state index is -1.69. The topological polar surface area (TPSA) is 112 Å². The van der Waals surface area contributed by atoms with Gasteiger partial charge in [0.15, 0.2) is 0 Å². The number of nitrogens with zero attached hydrogens (tertiary/aromatic N) is 1. The lowest BCUT2D eigenvalue weighted by molar-refractivity contribution is -0.178. The molecular formula is C15H15NO7S. The number of fused-ring (bicyclic) bond motifs is 1. The molecule has 1 aromatic carbocycles. The van der Waals surface area contributed by atoms with Crippen LogP contribution >= 0.6 is 11.3 Å². The van der Waals surface area contributed by atoms with Gasteiger partial charge in [-0.1, -0.05) is 0 Å². The minimum Gasteiger partial charge on any atom is -0.497 e. The molecule has 0 aliphatic rings. The molecule has 8 nitrogen and oxygen atoms in total. The Morgan fingerprint density at radius 1 is 1.17 bits per heavy atom. The molecule has 1 heterocycles. The monoisotopic (exact) mass is 353 g/mol. The maximum atomic E-state index is 11.4. The van der Waals surface area contributed by atoms with Gasteiger partial charge in [-0.25, -0.2) is 9.78 Å². The molecule has 0 aliphatic carbocycles. The first kappa shape index (κ1) is 17.7. The summed E-state index contributed by atoms with van der Waals surface area (Å²) in [6, 6.07) is 5.12. The molecule has 2 aromatic rings. The van der Waals surface area contributed by atoms with Crippen molar-refractivity contribution in [1.82, 2.24) is 4.98 Å². The van der Waals surface area contributed by atoms with E-state index in [9.17, 15) is 19.5 Å². The number of thiazole rings is 1. The van der Waals surface area contributed by atoms with E-state index >= 15 is 0 Å². The number of rotatable bonds is 6. The van der Waals surface area contributed by atoms with Crippen molar-refractivity contribution < 1.29 is 33.7 Å². The molecule has 0 radical (unpaired) electrons. The van der Waals surface area contributed by atoms with Crippen molar-refractivity contribution in [2.45, 2.75) is 26.1 Å². The molecule has 0 amide bonds. The number of carboxylic acid groups (broad SMARTS) is 1. The van der Waals surface area contributed by atoms with Crippen LogP contribution in [-0.2, 0) is 23.9 Å². The van der Waals surface area contributed by atoms with Gasteiger partial charge < -0.3 is 19.3 Å². The van der Waals surface area contributed by atoms with E-state index in [2.05, 4.69) is 4.98 Å². The van der Waals surface area contributed by atoms with Crippen molar-refractivity contribution in [3.8, 4) is 5.75 Å². The lowest BCUT2D eigenvalue weighted by Gasteiger charge is -2.21. The Labute approximate surface area is 141 Å². The van der Waals surface area contributed by atoms with Gasteiger partial charge in [0.1, 0.15) is 10.8 Å². The highest BCUT2D eigenvalue weighted by Crippen LogP contribution is 2.33. The Balaban J connectivity index is 2.47. The van der Waals surface area contributed by atoms with Crippen LogP contribution in [0.25, 0.3) is 10.2 Å². The quantitative estimate of drug-likeness (QED) is 0.784. The van der Waals surface area contributed by atoms with E-state index in [0.29, 0.717) is 16.0 Å². The summed E-state index contributed by atoms with van der Waals surface area (Å²) in [5.41, 5.74) is 0.583. The Kier molecular flexibility index (Phi) is 5.35. The second-order valence-electron chi connectivity index (χ2n) is 4.78. The van der Waals surface area contributed by atoms with E-state index in [0.717, 1.165) is 25.2 Å². The normalized spacial score (nSPS) is 13.1. The highest BCUT2D eigenvalue weighted by atomic mass is 32.1. The maximum Gasteiger partial charge on any atom is 0.349 e.